The Labute approximate surface area is 100 Å². The van der Waals surface area contributed by atoms with Crippen LogP contribution < -0.4 is 0 Å². The zero-order valence-corrected chi connectivity index (χ0v) is 9.22. The quantitative estimate of drug-likeness (QED) is 0.408. The first-order valence-corrected chi connectivity index (χ1v) is 5.18. The number of oxazole rings is 1. The van der Waals surface area contributed by atoms with Crippen molar-refractivity contribution in [2.24, 2.45) is 5.16 Å². The van der Waals surface area contributed by atoms with E-state index in [0.29, 0.717) is 21.6 Å². The summed E-state index contributed by atoms with van der Waals surface area (Å²) in [5.74, 6) is 0.205. The second kappa shape index (κ2) is 3.71. The predicted molar refractivity (Wildman–Crippen MR) is 63.7 cm³/mol. The van der Waals surface area contributed by atoms with Gasteiger partial charge in [-0.15, -0.1) is 0 Å². The van der Waals surface area contributed by atoms with Crippen LogP contribution in [0.2, 0.25) is 5.02 Å². The monoisotopic (exact) mass is 247 g/mol. The van der Waals surface area contributed by atoms with E-state index in [1.54, 1.807) is 18.3 Å². The molecule has 6 heteroatoms. The van der Waals surface area contributed by atoms with Gasteiger partial charge >= 0.3 is 0 Å². The number of benzene rings is 1. The van der Waals surface area contributed by atoms with E-state index < -0.39 is 0 Å². The van der Waals surface area contributed by atoms with Crippen molar-refractivity contribution in [1.29, 1.82) is 0 Å². The highest BCUT2D eigenvalue weighted by Crippen LogP contribution is 2.30. The molecule has 2 heterocycles. The molecule has 2 aromatic heterocycles. The fourth-order valence-electron chi connectivity index (χ4n) is 1.70. The van der Waals surface area contributed by atoms with E-state index in [0.717, 1.165) is 11.6 Å². The molecule has 0 radical (unpaired) electrons. The lowest BCUT2D eigenvalue weighted by molar-refractivity contribution is 0.320. The van der Waals surface area contributed by atoms with Crippen LogP contribution in [0.1, 0.15) is 5.89 Å². The van der Waals surface area contributed by atoms with Crippen LogP contribution in [0.5, 0.6) is 0 Å². The summed E-state index contributed by atoms with van der Waals surface area (Å²) in [6.07, 6.45) is 2.77. The van der Waals surface area contributed by atoms with Crippen LogP contribution in [0.15, 0.2) is 34.0 Å². The number of aromatic nitrogens is 2. The van der Waals surface area contributed by atoms with Gasteiger partial charge in [-0.05, 0) is 18.2 Å². The van der Waals surface area contributed by atoms with Crippen LogP contribution in [0.3, 0.4) is 0 Å². The summed E-state index contributed by atoms with van der Waals surface area (Å²) in [6, 6.07) is 5.35. The van der Waals surface area contributed by atoms with Gasteiger partial charge in [0.2, 0.25) is 5.89 Å². The first-order chi connectivity index (χ1) is 8.29. The largest absolute Gasteiger partial charge is 0.433 e. The Balaban J connectivity index is 2.46. The smallest absolute Gasteiger partial charge is 0.242 e. The summed E-state index contributed by atoms with van der Waals surface area (Å²) in [6.45, 7) is 0. The van der Waals surface area contributed by atoms with Gasteiger partial charge in [0.05, 0.1) is 5.02 Å². The fourth-order valence-corrected chi connectivity index (χ4v) is 1.95. The van der Waals surface area contributed by atoms with E-state index in [9.17, 15) is 0 Å². The lowest BCUT2D eigenvalue weighted by Gasteiger charge is -1.98. The van der Waals surface area contributed by atoms with E-state index in [-0.39, 0.29) is 5.89 Å². The van der Waals surface area contributed by atoms with Crippen molar-refractivity contribution in [3.63, 3.8) is 0 Å². The van der Waals surface area contributed by atoms with E-state index >= 15 is 0 Å². The van der Waals surface area contributed by atoms with Crippen molar-refractivity contribution in [2.75, 3.05) is 0 Å². The molecule has 0 fully saturated rings. The lowest BCUT2D eigenvalue weighted by atomic mass is 10.2. The van der Waals surface area contributed by atoms with E-state index in [4.69, 9.17) is 21.2 Å². The minimum absolute atomic E-state index is 0.205. The SMILES string of the molecule is O/N=C/c1nc2cc(Cl)c3cccnc3c2o1. The van der Waals surface area contributed by atoms with E-state index in [2.05, 4.69) is 15.1 Å². The van der Waals surface area contributed by atoms with Crippen molar-refractivity contribution < 1.29 is 9.62 Å². The average Bonchev–Trinajstić information content (AvgIpc) is 2.73. The first kappa shape index (κ1) is 10.0. The van der Waals surface area contributed by atoms with E-state index in [1.165, 1.54) is 0 Å². The highest BCUT2D eigenvalue weighted by atomic mass is 35.5. The molecule has 0 aliphatic rings. The minimum Gasteiger partial charge on any atom is -0.433 e. The standard InChI is InChI=1S/C11H6ClN3O2/c12-7-4-8-11(17-9(15-8)5-14-16)10-6(7)2-1-3-13-10/h1-5,16H/b14-5+. The normalized spacial score (nSPS) is 11.8. The van der Waals surface area contributed by atoms with Gasteiger partial charge in [-0.2, -0.15) is 0 Å². The van der Waals surface area contributed by atoms with Crippen molar-refractivity contribution in [1.82, 2.24) is 9.97 Å². The van der Waals surface area contributed by atoms with Crippen LogP contribution in [-0.4, -0.2) is 21.4 Å². The summed E-state index contributed by atoms with van der Waals surface area (Å²) < 4.78 is 5.44. The van der Waals surface area contributed by atoms with Crippen molar-refractivity contribution in [2.45, 2.75) is 0 Å². The van der Waals surface area contributed by atoms with Gasteiger partial charge in [0, 0.05) is 11.6 Å². The van der Waals surface area contributed by atoms with Crippen LogP contribution in [-0.2, 0) is 0 Å². The molecule has 1 N–H and O–H groups in total. The molecular formula is C11H6ClN3O2. The summed E-state index contributed by atoms with van der Waals surface area (Å²) in [5.41, 5.74) is 1.75. The second-order valence-electron chi connectivity index (χ2n) is 3.40. The molecule has 0 spiro atoms. The predicted octanol–water partition coefficient (Wildman–Crippen LogP) is 2.84. The van der Waals surface area contributed by atoms with Crippen LogP contribution in [0.4, 0.5) is 0 Å². The average molecular weight is 248 g/mol. The molecule has 0 aliphatic carbocycles. The third-order valence-corrected chi connectivity index (χ3v) is 2.69. The van der Waals surface area contributed by atoms with Crippen molar-refractivity contribution in [3.8, 4) is 0 Å². The number of rotatable bonds is 1. The zero-order valence-electron chi connectivity index (χ0n) is 8.46. The molecule has 3 aromatic rings. The van der Waals surface area contributed by atoms with Crippen LogP contribution >= 0.6 is 11.6 Å². The first-order valence-electron chi connectivity index (χ1n) is 4.81. The molecular weight excluding hydrogens is 242 g/mol. The fraction of sp³-hybridized carbons (Fsp3) is 0. The molecule has 0 saturated carbocycles. The highest BCUT2D eigenvalue weighted by Gasteiger charge is 2.12. The van der Waals surface area contributed by atoms with Gasteiger partial charge in [-0.1, -0.05) is 16.8 Å². The topological polar surface area (TPSA) is 71.5 Å². The molecule has 5 nitrogen and oxygen atoms in total. The molecule has 0 bridgehead atoms. The minimum atomic E-state index is 0.205. The maximum absolute atomic E-state index is 8.44. The number of oxime groups is 1. The maximum Gasteiger partial charge on any atom is 0.242 e. The van der Waals surface area contributed by atoms with Crippen LogP contribution in [0.25, 0.3) is 22.0 Å². The number of hydrogen-bond donors (Lipinski definition) is 1. The van der Waals surface area contributed by atoms with Gasteiger partial charge in [-0.3, -0.25) is 4.98 Å². The summed E-state index contributed by atoms with van der Waals surface area (Å²) >= 11 is 6.12. The lowest BCUT2D eigenvalue weighted by Crippen LogP contribution is -1.80. The molecule has 0 saturated heterocycles. The van der Waals surface area contributed by atoms with E-state index in [1.807, 2.05) is 6.07 Å². The summed E-state index contributed by atoms with van der Waals surface area (Å²) in [4.78, 5) is 8.33. The molecule has 3 rings (SSSR count). The molecule has 0 aliphatic heterocycles. The third-order valence-electron chi connectivity index (χ3n) is 2.38. The van der Waals surface area contributed by atoms with Gasteiger partial charge < -0.3 is 9.62 Å². The Morgan fingerprint density at radius 1 is 1.47 bits per heavy atom. The van der Waals surface area contributed by atoms with Gasteiger partial charge in [0.1, 0.15) is 17.2 Å². The number of nitrogens with zero attached hydrogens (tertiary/aromatic N) is 3. The third kappa shape index (κ3) is 1.52. The molecule has 0 amide bonds. The summed E-state index contributed by atoms with van der Waals surface area (Å²) in [5, 5.41) is 12.7. The number of hydrogen-bond acceptors (Lipinski definition) is 5. The molecule has 0 atom stereocenters. The highest BCUT2D eigenvalue weighted by molar-refractivity contribution is 6.36. The maximum atomic E-state index is 8.44. The van der Waals surface area contributed by atoms with Crippen LogP contribution in [0, 0.1) is 0 Å². The Kier molecular flexibility index (Phi) is 2.19. The Bertz CT molecular complexity index is 736. The molecule has 0 unspecified atom stereocenters. The Hall–Kier alpha value is -2.14. The Morgan fingerprint density at radius 3 is 3.18 bits per heavy atom. The molecule has 1 aromatic carbocycles. The van der Waals surface area contributed by atoms with Gasteiger partial charge in [-0.25, -0.2) is 4.98 Å². The second-order valence-corrected chi connectivity index (χ2v) is 3.81. The number of fused-ring (bicyclic) bond motifs is 3. The Morgan fingerprint density at radius 2 is 2.35 bits per heavy atom. The molecule has 84 valence electrons. The van der Waals surface area contributed by atoms with Gasteiger partial charge in [0.25, 0.3) is 0 Å². The van der Waals surface area contributed by atoms with Crippen molar-refractivity contribution >= 4 is 39.8 Å². The van der Waals surface area contributed by atoms with Gasteiger partial charge in [0.15, 0.2) is 5.58 Å². The summed E-state index contributed by atoms with van der Waals surface area (Å²) in [7, 11) is 0. The zero-order chi connectivity index (χ0) is 11.8. The number of halogens is 1. The number of pyridine rings is 1. The molecule has 17 heavy (non-hydrogen) atoms. The van der Waals surface area contributed by atoms with Crippen molar-refractivity contribution in [3.05, 3.63) is 35.3 Å².